The van der Waals surface area contributed by atoms with Crippen molar-refractivity contribution >= 4 is 17.6 Å². The van der Waals surface area contributed by atoms with Crippen molar-refractivity contribution in [3.63, 3.8) is 0 Å². The minimum atomic E-state index is -0.827. The second-order valence-corrected chi connectivity index (χ2v) is 4.68. The molecular weight excluding hydrogens is 312 g/mol. The van der Waals surface area contributed by atoms with Gasteiger partial charge in [0.05, 0.1) is 20.3 Å². The normalized spacial score (nSPS) is 16.0. The number of hydrogen-bond donors (Lipinski definition) is 0. The number of halogens is 1. The van der Waals surface area contributed by atoms with Gasteiger partial charge in [-0.2, -0.15) is 9.97 Å². The lowest BCUT2D eigenvalue weighted by Crippen LogP contribution is -2.01. The second kappa shape index (κ2) is 5.69. The molecule has 8 heteroatoms. The number of esters is 1. The van der Waals surface area contributed by atoms with Crippen LogP contribution in [0.2, 0.25) is 0 Å². The van der Waals surface area contributed by atoms with Gasteiger partial charge in [-0.3, -0.25) is 0 Å². The Bertz CT molecular complexity index is 715. The van der Waals surface area contributed by atoms with Crippen LogP contribution in [0.4, 0.5) is 0 Å². The number of fused-ring (bicyclic) bond motifs is 1. The maximum Gasteiger partial charge on any atom is 0.344 e. The van der Waals surface area contributed by atoms with Crippen molar-refractivity contribution in [2.45, 2.75) is 5.56 Å². The summed E-state index contributed by atoms with van der Waals surface area (Å²) in [4.78, 5) is 19.9. The Morgan fingerprint density at radius 1 is 1.18 bits per heavy atom. The molecule has 0 amide bonds. The van der Waals surface area contributed by atoms with E-state index in [9.17, 15) is 4.79 Å². The highest BCUT2D eigenvalue weighted by atomic mass is 35.5. The Kier molecular flexibility index (Phi) is 3.72. The molecule has 0 bridgehead atoms. The molecule has 114 valence electrons. The van der Waals surface area contributed by atoms with Gasteiger partial charge >= 0.3 is 12.0 Å². The van der Waals surface area contributed by atoms with Crippen molar-refractivity contribution in [3.05, 3.63) is 35.4 Å². The number of methoxy groups -OCH3 is 2. The average molecular weight is 323 g/mol. The number of ether oxygens (including phenoxy) is 4. The van der Waals surface area contributed by atoms with Crippen molar-refractivity contribution in [1.82, 2.24) is 9.97 Å². The van der Waals surface area contributed by atoms with Crippen LogP contribution in [0.3, 0.4) is 0 Å². The summed E-state index contributed by atoms with van der Waals surface area (Å²) in [7, 11) is 2.92. The zero-order chi connectivity index (χ0) is 15.7. The molecule has 1 aromatic heterocycles. The topological polar surface area (TPSA) is 79.8 Å². The van der Waals surface area contributed by atoms with Crippen LogP contribution >= 0.6 is 11.6 Å². The van der Waals surface area contributed by atoms with Gasteiger partial charge < -0.3 is 18.9 Å². The Morgan fingerprint density at radius 3 is 2.50 bits per heavy atom. The first-order chi connectivity index (χ1) is 10.6. The van der Waals surface area contributed by atoms with Gasteiger partial charge in [-0.15, -0.1) is 0 Å². The van der Waals surface area contributed by atoms with Gasteiger partial charge in [0.25, 0.3) is 0 Å². The van der Waals surface area contributed by atoms with Crippen LogP contribution in [0.25, 0.3) is 0 Å². The van der Waals surface area contributed by atoms with Crippen LogP contribution in [0, 0.1) is 0 Å². The molecule has 3 rings (SSSR count). The molecular formula is C14H11ClN2O5. The van der Waals surface area contributed by atoms with E-state index in [1.807, 2.05) is 0 Å². The lowest BCUT2D eigenvalue weighted by molar-refractivity contribution is 0.0511. The highest BCUT2D eigenvalue weighted by Gasteiger charge is 2.33. The molecule has 0 spiro atoms. The van der Waals surface area contributed by atoms with Crippen LogP contribution < -0.4 is 14.2 Å². The molecule has 1 aromatic carbocycles. The van der Waals surface area contributed by atoms with E-state index in [1.54, 1.807) is 18.2 Å². The van der Waals surface area contributed by atoms with E-state index in [2.05, 4.69) is 9.97 Å². The van der Waals surface area contributed by atoms with Gasteiger partial charge in [0.2, 0.25) is 17.3 Å². The van der Waals surface area contributed by atoms with Gasteiger partial charge in [-0.05, 0) is 6.07 Å². The van der Waals surface area contributed by atoms with Crippen molar-refractivity contribution in [2.24, 2.45) is 0 Å². The smallest absolute Gasteiger partial charge is 0.344 e. The number of carbonyl (C=O) groups excluding carboxylic acids is 1. The predicted octanol–water partition coefficient (Wildman–Crippen LogP) is 2.69. The van der Waals surface area contributed by atoms with E-state index >= 15 is 0 Å². The van der Waals surface area contributed by atoms with E-state index in [-0.39, 0.29) is 29.1 Å². The number of carbonyl (C=O) groups is 1. The Hall–Kier alpha value is -2.54. The molecule has 0 saturated carbocycles. The average Bonchev–Trinajstić information content (AvgIpc) is 2.82. The third-order valence-electron chi connectivity index (χ3n) is 3.00. The van der Waals surface area contributed by atoms with E-state index in [4.69, 9.17) is 30.5 Å². The summed E-state index contributed by atoms with van der Waals surface area (Å²) < 4.78 is 20.6. The molecule has 1 unspecified atom stereocenters. The fourth-order valence-electron chi connectivity index (χ4n) is 1.99. The molecule has 7 nitrogen and oxygen atoms in total. The van der Waals surface area contributed by atoms with Crippen LogP contribution in [-0.2, 0) is 4.74 Å². The largest absolute Gasteiger partial charge is 0.481 e. The fourth-order valence-corrected chi connectivity index (χ4v) is 2.26. The molecule has 1 aliphatic heterocycles. The number of rotatable bonds is 4. The Balaban J connectivity index is 2.00. The van der Waals surface area contributed by atoms with Crippen LogP contribution in [0.15, 0.2) is 24.3 Å². The van der Waals surface area contributed by atoms with Crippen molar-refractivity contribution in [3.8, 4) is 23.5 Å². The highest BCUT2D eigenvalue weighted by Crippen LogP contribution is 2.39. The zero-order valence-corrected chi connectivity index (χ0v) is 12.5. The molecule has 22 heavy (non-hydrogen) atoms. The lowest BCUT2D eigenvalue weighted by atomic mass is 10.1. The van der Waals surface area contributed by atoms with Gasteiger partial charge in [0.1, 0.15) is 11.3 Å². The molecule has 0 N–H and O–H groups in total. The number of hydrogen-bond acceptors (Lipinski definition) is 7. The number of aromatic nitrogens is 2. The fraction of sp³-hybridized carbons (Fsp3) is 0.214. The summed E-state index contributed by atoms with van der Waals surface area (Å²) in [6.07, 6.45) is 0. The molecule has 0 saturated heterocycles. The summed E-state index contributed by atoms with van der Waals surface area (Å²) >= 11 is 5.94. The van der Waals surface area contributed by atoms with E-state index in [0.717, 1.165) is 0 Å². The maximum atomic E-state index is 11.9. The number of cyclic esters (lactones) is 1. The van der Waals surface area contributed by atoms with Crippen molar-refractivity contribution in [1.29, 1.82) is 0 Å². The van der Waals surface area contributed by atoms with Crippen LogP contribution in [0.5, 0.6) is 23.5 Å². The summed E-state index contributed by atoms with van der Waals surface area (Å²) in [5.74, 6) is 0.237. The molecule has 2 heterocycles. The number of nitrogens with zero attached hydrogens (tertiary/aromatic N) is 2. The SMILES string of the molecule is COc1cc(OC)nc(Oc2cccc3c2C(=O)OC3Cl)n1. The molecule has 0 radical (unpaired) electrons. The molecule has 0 fully saturated rings. The standard InChI is InChI=1S/C14H11ClN2O5/c1-19-9-6-10(20-2)17-14(16-9)21-8-5-3-4-7-11(8)13(18)22-12(7)15/h3-6,12H,1-2H3. The van der Waals surface area contributed by atoms with Crippen molar-refractivity contribution in [2.75, 3.05) is 14.2 Å². The monoisotopic (exact) mass is 322 g/mol. The second-order valence-electron chi connectivity index (χ2n) is 4.28. The number of alkyl halides is 1. The van der Waals surface area contributed by atoms with E-state index < -0.39 is 11.5 Å². The summed E-state index contributed by atoms with van der Waals surface area (Å²) in [6, 6.07) is 6.48. The zero-order valence-electron chi connectivity index (χ0n) is 11.7. The maximum absolute atomic E-state index is 11.9. The van der Waals surface area contributed by atoms with E-state index in [1.165, 1.54) is 20.3 Å². The van der Waals surface area contributed by atoms with Gasteiger partial charge in [0, 0.05) is 5.56 Å². The quantitative estimate of drug-likeness (QED) is 0.632. The van der Waals surface area contributed by atoms with Gasteiger partial charge in [-0.25, -0.2) is 4.79 Å². The Morgan fingerprint density at radius 2 is 1.86 bits per heavy atom. The van der Waals surface area contributed by atoms with Gasteiger partial charge in [-0.1, -0.05) is 23.7 Å². The predicted molar refractivity (Wildman–Crippen MR) is 75.7 cm³/mol. The minimum Gasteiger partial charge on any atom is -0.481 e. The summed E-state index contributed by atoms with van der Waals surface area (Å²) in [6.45, 7) is 0. The molecule has 1 aliphatic rings. The molecule has 1 atom stereocenters. The van der Waals surface area contributed by atoms with Crippen molar-refractivity contribution < 1.29 is 23.7 Å². The van der Waals surface area contributed by atoms with E-state index in [0.29, 0.717) is 5.56 Å². The van der Waals surface area contributed by atoms with Gasteiger partial charge in [0.15, 0.2) is 0 Å². The Labute approximate surface area is 130 Å². The molecule has 0 aliphatic carbocycles. The first-order valence-electron chi connectivity index (χ1n) is 6.25. The number of benzene rings is 1. The van der Waals surface area contributed by atoms with Crippen LogP contribution in [0.1, 0.15) is 21.5 Å². The third-order valence-corrected chi connectivity index (χ3v) is 3.32. The summed E-state index contributed by atoms with van der Waals surface area (Å²) in [5, 5.41) is 0. The summed E-state index contributed by atoms with van der Waals surface area (Å²) in [5.41, 5.74) is -0.0290. The lowest BCUT2D eigenvalue weighted by Gasteiger charge is -2.09. The third kappa shape index (κ3) is 2.50. The minimum absolute atomic E-state index is 0.0181. The first kappa shape index (κ1) is 14.4. The van der Waals surface area contributed by atoms with Crippen LogP contribution in [-0.4, -0.2) is 30.2 Å². The first-order valence-corrected chi connectivity index (χ1v) is 6.69. The highest BCUT2D eigenvalue weighted by molar-refractivity contribution is 6.22. The molecule has 2 aromatic rings.